The normalized spacial score (nSPS) is 16.7. The fraction of sp³-hybridized carbons (Fsp3) is 0.707. The SMILES string of the molecule is CC(C)C[C@H](NC(=O)[C@@H]1CCCN1C(=O)CNC(=O)[C@H](C)NC(=O)[C@H](CCC(=O)O)NC(=O)[C@H](CC(=O)O)NC(=O)[C@H](CC(=O)O)NC(=O)[C@H](CC(C)C)NC(=O)[C@@H](N)CC(C)C)C(=O)O. The Balaban J connectivity index is 3.15. The predicted octanol–water partition coefficient (Wildman–Crippen LogP) is -2.61. The quantitative estimate of drug-likeness (QED) is 0.0365. The first-order valence-electron chi connectivity index (χ1n) is 21.7. The Bertz CT molecular complexity index is 1790. The molecule has 13 N–H and O–H groups in total. The van der Waals surface area contributed by atoms with Crippen LogP contribution in [0.25, 0.3) is 0 Å². The highest BCUT2D eigenvalue weighted by molar-refractivity contribution is 5.99. The summed E-state index contributed by atoms with van der Waals surface area (Å²) >= 11 is 0. The van der Waals surface area contributed by atoms with Crippen molar-refractivity contribution in [3.05, 3.63) is 0 Å². The van der Waals surface area contributed by atoms with Gasteiger partial charge in [0.05, 0.1) is 25.4 Å². The molecule has 1 rings (SSSR count). The molecule has 372 valence electrons. The van der Waals surface area contributed by atoms with Gasteiger partial charge in [0, 0.05) is 13.0 Å². The Morgan fingerprint density at radius 3 is 1.47 bits per heavy atom. The minimum atomic E-state index is -2.04. The number of likely N-dealkylation sites (tertiary alicyclic amines) is 1. The second-order valence-electron chi connectivity index (χ2n) is 17.5. The Labute approximate surface area is 381 Å². The zero-order chi connectivity index (χ0) is 50.6. The summed E-state index contributed by atoms with van der Waals surface area (Å²) in [4.78, 5) is 154. The first-order chi connectivity index (χ1) is 30.6. The minimum Gasteiger partial charge on any atom is -0.481 e. The van der Waals surface area contributed by atoms with Crippen LogP contribution in [0, 0.1) is 17.8 Å². The molecule has 0 radical (unpaired) electrons. The van der Waals surface area contributed by atoms with Gasteiger partial charge in [-0.25, -0.2) is 4.79 Å². The van der Waals surface area contributed by atoms with Crippen molar-refractivity contribution in [3.8, 4) is 0 Å². The number of nitrogens with one attached hydrogen (secondary N) is 7. The van der Waals surface area contributed by atoms with Crippen molar-refractivity contribution in [3.63, 3.8) is 0 Å². The van der Waals surface area contributed by atoms with E-state index in [2.05, 4.69) is 37.2 Å². The van der Waals surface area contributed by atoms with Gasteiger partial charge < -0.3 is 68.3 Å². The number of nitrogens with two attached hydrogens (primary N) is 1. The number of hydrogen-bond donors (Lipinski definition) is 12. The fourth-order valence-corrected chi connectivity index (χ4v) is 6.81. The number of nitrogens with zero attached hydrogens (tertiary/aromatic N) is 1. The summed E-state index contributed by atoms with van der Waals surface area (Å²) < 4.78 is 0. The predicted molar refractivity (Wildman–Crippen MR) is 230 cm³/mol. The Hall–Kier alpha value is -6.40. The largest absolute Gasteiger partial charge is 0.481 e. The maximum atomic E-state index is 13.5. The molecule has 1 fully saturated rings. The molecule has 0 aliphatic carbocycles. The molecule has 1 aliphatic heterocycles. The number of carbonyl (C=O) groups excluding carboxylic acids is 8. The van der Waals surface area contributed by atoms with Crippen LogP contribution in [0.4, 0.5) is 0 Å². The van der Waals surface area contributed by atoms with Crippen LogP contribution in [0.5, 0.6) is 0 Å². The third-order valence-electron chi connectivity index (χ3n) is 10.1. The van der Waals surface area contributed by atoms with Gasteiger partial charge in [-0.05, 0) is 63.2 Å². The molecule has 1 saturated heterocycles. The van der Waals surface area contributed by atoms with Crippen LogP contribution in [0.15, 0.2) is 0 Å². The van der Waals surface area contributed by atoms with E-state index < -0.39 is 152 Å². The van der Waals surface area contributed by atoms with Crippen LogP contribution in [0.3, 0.4) is 0 Å². The molecule has 8 amide bonds. The Morgan fingerprint density at radius 1 is 0.545 bits per heavy atom. The maximum absolute atomic E-state index is 13.5. The number of aliphatic carboxylic acids is 4. The summed E-state index contributed by atoms with van der Waals surface area (Å²) in [5, 5.41) is 53.9. The van der Waals surface area contributed by atoms with Gasteiger partial charge in [-0.15, -0.1) is 0 Å². The average Bonchev–Trinajstić information content (AvgIpc) is 3.69. The van der Waals surface area contributed by atoms with Gasteiger partial charge in [-0.3, -0.25) is 52.7 Å². The highest BCUT2D eigenvalue weighted by Crippen LogP contribution is 2.18. The van der Waals surface area contributed by atoms with E-state index in [1.807, 2.05) is 13.8 Å². The van der Waals surface area contributed by atoms with E-state index >= 15 is 0 Å². The molecule has 1 aliphatic rings. The van der Waals surface area contributed by atoms with Gasteiger partial charge >= 0.3 is 23.9 Å². The third kappa shape index (κ3) is 21.1. The highest BCUT2D eigenvalue weighted by atomic mass is 16.4. The molecule has 0 unspecified atom stereocenters. The van der Waals surface area contributed by atoms with Gasteiger partial charge in [-0.2, -0.15) is 0 Å². The van der Waals surface area contributed by atoms with Crippen molar-refractivity contribution in [2.24, 2.45) is 23.5 Å². The van der Waals surface area contributed by atoms with Crippen LogP contribution >= 0.6 is 0 Å². The molecular formula is C41H67N9O16. The second kappa shape index (κ2) is 27.8. The standard InChI is InChI=1S/C41H67N9O16/c1-19(2)13-23(42)35(59)46-25(14-20(3)4)37(61)47-27(17-33(56)57)39(63)48-26(16-32(54)55)38(62)45-24(10-11-31(52)53)36(60)44-22(7)34(58)43-18-30(51)50-12-8-9-29(50)40(64)49-28(41(65)66)15-21(5)6/h19-29H,8-18,42H2,1-7H3,(H,43,58)(H,44,60)(H,45,62)(H,46,59)(H,47,61)(H,48,63)(H,49,64)(H,52,53)(H,54,55)(H,56,57)(H,65,66)/t22-,23-,24-,25-,26-,27-,28-,29-/m0/s1. The lowest BCUT2D eigenvalue weighted by Gasteiger charge is -2.27. The molecule has 0 spiro atoms. The summed E-state index contributed by atoms with van der Waals surface area (Å²) in [6.07, 6.45) is -2.46. The second-order valence-corrected chi connectivity index (χ2v) is 17.5. The van der Waals surface area contributed by atoms with Gasteiger partial charge in [0.15, 0.2) is 0 Å². The molecule has 25 heteroatoms. The van der Waals surface area contributed by atoms with Gasteiger partial charge in [0.25, 0.3) is 0 Å². The van der Waals surface area contributed by atoms with Crippen LogP contribution in [0.2, 0.25) is 0 Å². The van der Waals surface area contributed by atoms with Crippen LogP contribution < -0.4 is 43.0 Å². The molecule has 8 atom stereocenters. The van der Waals surface area contributed by atoms with Crippen molar-refractivity contribution >= 4 is 71.1 Å². The maximum Gasteiger partial charge on any atom is 0.326 e. The van der Waals surface area contributed by atoms with Crippen molar-refractivity contribution in [2.45, 2.75) is 155 Å². The van der Waals surface area contributed by atoms with Crippen molar-refractivity contribution < 1.29 is 78.0 Å². The Kier molecular flexibility index (Phi) is 24.3. The van der Waals surface area contributed by atoms with E-state index in [4.69, 9.17) is 5.73 Å². The summed E-state index contributed by atoms with van der Waals surface area (Å²) in [6, 6.07) is -11.7. The Morgan fingerprint density at radius 2 is 1.00 bits per heavy atom. The van der Waals surface area contributed by atoms with Gasteiger partial charge in [-0.1, -0.05) is 41.5 Å². The van der Waals surface area contributed by atoms with Crippen LogP contribution in [-0.2, 0) is 57.5 Å². The first-order valence-corrected chi connectivity index (χ1v) is 21.7. The van der Waals surface area contributed by atoms with E-state index in [9.17, 15) is 78.0 Å². The third-order valence-corrected chi connectivity index (χ3v) is 10.1. The topological polar surface area (TPSA) is 399 Å². The van der Waals surface area contributed by atoms with Gasteiger partial charge in [0.1, 0.15) is 42.3 Å². The number of hydrogen-bond acceptors (Lipinski definition) is 13. The van der Waals surface area contributed by atoms with E-state index in [-0.39, 0.29) is 50.0 Å². The minimum absolute atomic E-state index is 0.0280. The zero-order valence-corrected chi connectivity index (χ0v) is 38.3. The summed E-state index contributed by atoms with van der Waals surface area (Å²) in [5.74, 6) is -14.0. The van der Waals surface area contributed by atoms with E-state index in [0.717, 1.165) is 0 Å². The van der Waals surface area contributed by atoms with E-state index in [1.54, 1.807) is 27.7 Å². The highest BCUT2D eigenvalue weighted by Gasteiger charge is 2.37. The number of carboxylic acids is 4. The lowest BCUT2D eigenvalue weighted by molar-refractivity contribution is -0.144. The van der Waals surface area contributed by atoms with Gasteiger partial charge in [0.2, 0.25) is 47.3 Å². The lowest BCUT2D eigenvalue weighted by atomic mass is 10.00. The average molecular weight is 942 g/mol. The number of carboxylic acid groups (broad SMARTS) is 4. The van der Waals surface area contributed by atoms with Crippen LogP contribution in [-0.4, -0.2) is 158 Å². The molecule has 0 aromatic heterocycles. The number of carbonyl (C=O) groups is 12. The molecule has 66 heavy (non-hydrogen) atoms. The van der Waals surface area contributed by atoms with Crippen LogP contribution in [0.1, 0.15) is 106 Å². The van der Waals surface area contributed by atoms with Crippen molar-refractivity contribution in [2.75, 3.05) is 13.1 Å². The summed E-state index contributed by atoms with van der Waals surface area (Å²) in [5.41, 5.74) is 5.96. The first kappa shape index (κ1) is 57.6. The molecule has 0 bridgehead atoms. The molecule has 1 heterocycles. The monoisotopic (exact) mass is 941 g/mol. The van der Waals surface area contributed by atoms with E-state index in [1.165, 1.54) is 11.8 Å². The number of rotatable bonds is 29. The smallest absolute Gasteiger partial charge is 0.326 e. The van der Waals surface area contributed by atoms with E-state index in [0.29, 0.717) is 6.42 Å². The molecular weight excluding hydrogens is 874 g/mol. The van der Waals surface area contributed by atoms with Crippen molar-refractivity contribution in [1.29, 1.82) is 0 Å². The molecule has 0 aromatic carbocycles. The molecule has 0 aromatic rings. The lowest BCUT2D eigenvalue weighted by Crippen LogP contribution is -2.60. The molecule has 0 saturated carbocycles. The zero-order valence-electron chi connectivity index (χ0n) is 38.3. The van der Waals surface area contributed by atoms with Crippen molar-refractivity contribution in [1.82, 2.24) is 42.1 Å². The number of amides is 8. The summed E-state index contributed by atoms with van der Waals surface area (Å²) in [7, 11) is 0. The summed E-state index contributed by atoms with van der Waals surface area (Å²) in [6.45, 7) is 11.3. The molecule has 25 nitrogen and oxygen atoms in total. The fourth-order valence-electron chi connectivity index (χ4n) is 6.81.